The van der Waals surface area contributed by atoms with Gasteiger partial charge in [-0.1, -0.05) is 97.9 Å². The summed E-state index contributed by atoms with van der Waals surface area (Å²) in [5.41, 5.74) is 3.12. The fraction of sp³-hybridized carbons (Fsp3) is 0.788. The number of aliphatic hydroxyl groups is 17. The molecule has 44 heteroatoms. The summed E-state index contributed by atoms with van der Waals surface area (Å²) < 4.78 is 73.8. The van der Waals surface area contributed by atoms with Gasteiger partial charge in [0.15, 0.2) is 37.2 Å². The van der Waals surface area contributed by atoms with E-state index >= 15 is 0 Å². The predicted molar refractivity (Wildman–Crippen MR) is 493 cm³/mol. The van der Waals surface area contributed by atoms with Crippen molar-refractivity contribution in [2.75, 3.05) is 51.5 Å². The molecule has 800 valence electrons. The number of ketones is 2. The number of amides is 5. The van der Waals surface area contributed by atoms with Crippen molar-refractivity contribution in [2.45, 2.75) is 398 Å². The maximum atomic E-state index is 15.0. The Morgan fingerprint density at radius 3 is 1.45 bits per heavy atom. The number of nitrogens with one attached hydrogen (secondary N) is 4. The second kappa shape index (κ2) is 46.3. The van der Waals surface area contributed by atoms with Gasteiger partial charge in [0, 0.05) is 49.4 Å². The number of rotatable bonds is 27. The number of phenolic OH excluding ortho intramolecular Hbond substituents is 1. The van der Waals surface area contributed by atoms with Crippen molar-refractivity contribution in [2.24, 2.45) is 46.3 Å². The van der Waals surface area contributed by atoms with Crippen LogP contribution < -0.4 is 21.3 Å². The lowest BCUT2D eigenvalue weighted by Gasteiger charge is -2.56. The van der Waals surface area contributed by atoms with Gasteiger partial charge in [-0.05, 0) is 172 Å². The van der Waals surface area contributed by atoms with Crippen molar-refractivity contribution in [3.63, 3.8) is 0 Å². The fourth-order valence-electron chi connectivity index (χ4n) is 24.9. The van der Waals surface area contributed by atoms with Gasteiger partial charge in [-0.15, -0.1) is 5.10 Å². The molecule has 27 aliphatic rings. The Labute approximate surface area is 827 Å². The van der Waals surface area contributed by atoms with Crippen LogP contribution in [0.1, 0.15) is 211 Å². The highest BCUT2D eigenvalue weighted by molar-refractivity contribution is 6.01. The molecule has 21 saturated heterocycles. The third kappa shape index (κ3) is 22.6. The number of ether oxygens (including phenoxy) is 12. The number of carbonyl (C=O) groups is 7. The maximum Gasteiger partial charge on any atom is 0.246 e. The van der Waals surface area contributed by atoms with Gasteiger partial charge in [-0.25, -0.2) is 4.68 Å². The Morgan fingerprint density at radius 1 is 0.497 bits per heavy atom. The first kappa shape index (κ1) is 110. The van der Waals surface area contributed by atoms with Crippen molar-refractivity contribution in [3.05, 3.63) is 70.0 Å². The second-order valence-electron chi connectivity index (χ2n) is 43.0. The van der Waals surface area contributed by atoms with Gasteiger partial charge in [-0.2, -0.15) is 0 Å². The highest BCUT2D eigenvalue weighted by Gasteiger charge is 2.63. The number of aromatic hydroxyl groups is 1. The van der Waals surface area contributed by atoms with Gasteiger partial charge >= 0.3 is 0 Å². The molecule has 0 spiro atoms. The van der Waals surface area contributed by atoms with Crippen molar-refractivity contribution >= 4 is 46.8 Å². The number of hydrogen-bond acceptors (Lipinski definition) is 39. The summed E-state index contributed by atoms with van der Waals surface area (Å²) >= 11 is 0. The first-order chi connectivity index (χ1) is 68.0. The van der Waals surface area contributed by atoms with Crippen LogP contribution in [-0.2, 0) is 127 Å². The minimum Gasteiger partial charge on any atom is -0.508 e. The van der Waals surface area contributed by atoms with E-state index in [-0.39, 0.29) is 78.6 Å². The van der Waals surface area contributed by atoms with Crippen LogP contribution in [0.25, 0.3) is 0 Å². The van der Waals surface area contributed by atoms with Crippen LogP contribution in [0.5, 0.6) is 5.75 Å². The van der Waals surface area contributed by atoms with Crippen LogP contribution in [0.4, 0.5) is 5.69 Å². The van der Waals surface area contributed by atoms with Crippen LogP contribution in [0, 0.1) is 46.3 Å². The van der Waals surface area contributed by atoms with Crippen LogP contribution in [0.15, 0.2) is 36.4 Å². The van der Waals surface area contributed by atoms with Crippen LogP contribution in [0.2, 0.25) is 0 Å². The van der Waals surface area contributed by atoms with E-state index in [9.17, 15) is 125 Å². The lowest BCUT2D eigenvalue weighted by Crippen LogP contribution is -2.68. The number of hydrogen-bond donors (Lipinski definition) is 22. The second-order valence-corrected chi connectivity index (χ2v) is 43.0. The SMILES string of the molecule is CC(=O)C[C@H](CCCCNC(=O)COC1CCCCCc2c1nnn2CC1OC2OC3C(CO)OC(OC4C(CO)OC(OC5C(CO)OC(OC6C(CO)OC(OC7C(CO)CC(OC1C(O)C2O)C(O)C7O)C(O)C6O)C(O)C5O)C(O)C4O)C(O)C3O)C(=O)N[C@H](C(=O)C[C@@H](C)C(=O)Nc1ccc2c(c1)[C@@]1(C)CCC[C@](C)(C(=O)NC(=O)[C@@]3(C)CCC[C@]4(C)c5cc(O)ccc5CC[C@@H]34)[C@@H]1CC2)C(C)C. The molecule has 0 radical (unpaired) electrons. The van der Waals surface area contributed by atoms with E-state index in [1.165, 1.54) is 17.2 Å². The number of phenols is 1. The number of carbonyl (C=O) groups excluding carboxylic acids is 7. The Balaban J connectivity index is 0.569. The normalized spacial score (nSPS) is 40.6. The molecule has 30 rings (SSSR count). The molecule has 21 aliphatic heterocycles. The molecule has 22 N–H and O–H groups in total. The first-order valence-electron chi connectivity index (χ1n) is 50.7. The van der Waals surface area contributed by atoms with Crippen molar-refractivity contribution in [1.29, 1.82) is 0 Å². The number of anilines is 1. The maximum absolute atomic E-state index is 15.0. The number of aliphatic hydroxyl groups excluding tert-OH is 17. The molecule has 143 heavy (non-hydrogen) atoms. The monoisotopic (exact) mass is 2030 g/mol. The molecular formula is C99H147N7O37. The summed E-state index contributed by atoms with van der Waals surface area (Å²) in [5, 5.41) is 227. The molecule has 6 aliphatic carbocycles. The number of fused-ring (bicyclic) bond motifs is 7. The topological polar surface area (TPSA) is 673 Å². The van der Waals surface area contributed by atoms with Crippen molar-refractivity contribution in [1.82, 2.24) is 30.9 Å². The number of aromatic nitrogens is 3. The smallest absolute Gasteiger partial charge is 0.246 e. The van der Waals surface area contributed by atoms with E-state index in [2.05, 4.69) is 45.4 Å². The van der Waals surface area contributed by atoms with Gasteiger partial charge in [0.1, 0.15) is 164 Å². The zero-order chi connectivity index (χ0) is 103. The van der Waals surface area contributed by atoms with E-state index < -0.39 is 300 Å². The van der Waals surface area contributed by atoms with Crippen LogP contribution in [-0.4, -0.2) is 378 Å². The molecule has 40 atom stereocenters. The molecule has 31 unspecified atom stereocenters. The van der Waals surface area contributed by atoms with E-state index in [1.54, 1.807) is 26.8 Å². The molecule has 2 aromatic carbocycles. The summed E-state index contributed by atoms with van der Waals surface area (Å²) in [7, 11) is 0. The first-order valence-corrected chi connectivity index (χ1v) is 50.7. The Hall–Kier alpha value is -6.89. The summed E-state index contributed by atoms with van der Waals surface area (Å²) in [4.78, 5) is 99.1. The average molecular weight is 2030 g/mol. The third-order valence-electron chi connectivity index (χ3n) is 33.0. The van der Waals surface area contributed by atoms with E-state index in [1.807, 2.05) is 44.2 Å². The standard InChI is InChI=1S/C99H147N7O37/c1-44(2)67(56(114)32-45(3)87(128)101-51-23-19-47-21-25-64-96(5,53(47)35-51)27-14-29-98(64,7)94(130)103-95(131)99(8)30-15-28-97(6)54-36-52(113)24-20-48(54)22-26-65(97)99)102-88(129)49(33-46(4)112)16-12-13-31-100-66(115)43-132-57-18-11-9-10-17-55-68(57)104-105-106(55)37-59-82-71(118)76(123)89(134-59)140-83-61(40-109)136-91(78(125)73(83)120)142-85-63(42-111)138-93(80(127)75(85)122)143-86-62(41-110)137-92(79(126)74(86)121)141-84-60(39-108)135-90(77(124)72(84)119)139-81-50(38-107)34-58(133-82)69(116)70(81)117/h19-20,23-24,35-36,44-45,49-50,57-65,67,69-86,89-93,107-111,113,116-127H,9-18,21-22,25-34,37-43H2,1-8H3,(H,100,115)(H,101,128)(H,102,129)(H,103,130,131)/t45-,49+,50?,57?,58?,59?,60?,61?,62?,63?,64-,65-,67+,69?,70?,71?,72?,73?,74?,75?,76?,77?,78?,79?,80?,81?,82?,83?,84?,85?,86?,89?,90?,91?,92?,93?,96-,97-,98+,99+/m1/s1. The average Bonchev–Trinajstić information content (AvgIpc) is 0.915. The summed E-state index contributed by atoms with van der Waals surface area (Å²) in [6.07, 6.45) is -48.3. The molecular weight excluding hydrogens is 1880 g/mol. The quantitative estimate of drug-likeness (QED) is 0.0275. The predicted octanol–water partition coefficient (Wildman–Crippen LogP) is -2.59. The molecule has 3 saturated carbocycles. The van der Waals surface area contributed by atoms with Crippen molar-refractivity contribution < 1.29 is 182 Å². The number of aryl methyl sites for hydroxylation is 2. The Bertz CT molecular complexity index is 4870. The Morgan fingerprint density at radius 2 is 0.965 bits per heavy atom. The molecule has 3 aromatic rings. The minimum absolute atomic E-state index is 0.0382. The molecule has 5 amide bonds. The number of Topliss-reactive ketones (excluding diaryl/α,β-unsaturated/α-hetero) is 2. The van der Waals surface area contributed by atoms with E-state index in [0.717, 1.165) is 61.6 Å². The third-order valence-corrected chi connectivity index (χ3v) is 33.0. The van der Waals surface area contributed by atoms with Crippen LogP contribution in [0.3, 0.4) is 0 Å². The summed E-state index contributed by atoms with van der Waals surface area (Å²) in [5.74, 6) is -6.01. The molecule has 44 nitrogen and oxygen atoms in total. The summed E-state index contributed by atoms with van der Waals surface area (Å²) in [6.45, 7) is 9.12. The molecule has 12 bridgehead atoms. The largest absolute Gasteiger partial charge is 0.508 e. The van der Waals surface area contributed by atoms with Gasteiger partial charge in [0.2, 0.25) is 29.5 Å². The number of nitrogens with zero attached hydrogens (tertiary/aromatic N) is 3. The number of unbranched alkanes of at least 4 members (excludes halogenated alkanes) is 1. The zero-order valence-electron chi connectivity index (χ0n) is 82.0. The van der Waals surface area contributed by atoms with Gasteiger partial charge in [-0.3, -0.25) is 34.1 Å². The van der Waals surface area contributed by atoms with Gasteiger partial charge in [0.05, 0.1) is 67.7 Å². The lowest BCUT2D eigenvalue weighted by molar-refractivity contribution is -0.396. The van der Waals surface area contributed by atoms with E-state index in [0.29, 0.717) is 74.9 Å². The number of imide groups is 1. The van der Waals surface area contributed by atoms with Crippen molar-refractivity contribution in [3.8, 4) is 5.75 Å². The highest BCUT2D eigenvalue weighted by Crippen LogP contribution is 2.61. The molecule has 24 fully saturated rings. The minimum atomic E-state index is -2.23. The summed E-state index contributed by atoms with van der Waals surface area (Å²) in [6, 6.07) is 10.4. The lowest BCUT2D eigenvalue weighted by atomic mass is 9.49. The molecule has 1 aromatic heterocycles. The van der Waals surface area contributed by atoms with E-state index in [4.69, 9.17) is 56.8 Å². The number of benzene rings is 2. The highest BCUT2D eigenvalue weighted by atomic mass is 16.8. The Kier molecular flexibility index (Phi) is 35.7. The fourth-order valence-corrected chi connectivity index (χ4v) is 24.9. The van der Waals surface area contributed by atoms with Gasteiger partial charge < -0.3 is 170 Å². The van der Waals surface area contributed by atoms with Crippen LogP contribution >= 0.6 is 0 Å². The molecule has 22 heterocycles. The zero-order valence-corrected chi connectivity index (χ0v) is 82.0. The van der Waals surface area contributed by atoms with Gasteiger partial charge in [0.25, 0.3) is 0 Å².